The fourth-order valence-electron chi connectivity index (χ4n) is 3.28. The van der Waals surface area contributed by atoms with Crippen molar-refractivity contribution < 1.29 is 27.4 Å². The van der Waals surface area contributed by atoms with Crippen molar-refractivity contribution >= 4 is 0 Å². The van der Waals surface area contributed by atoms with Gasteiger partial charge in [0.1, 0.15) is 11.5 Å². The Labute approximate surface area is 161 Å². The molecule has 0 fully saturated rings. The number of ether oxygens (including phenoxy) is 3. The number of nitrogens with one attached hydrogen (secondary N) is 1. The number of hydrogen-bond donors (Lipinski definition) is 1. The highest BCUT2D eigenvalue weighted by Gasteiger charge is 2.30. The van der Waals surface area contributed by atoms with Gasteiger partial charge in [-0.05, 0) is 32.0 Å². The molecule has 1 aromatic heterocycles. The zero-order valence-electron chi connectivity index (χ0n) is 16.1. The van der Waals surface area contributed by atoms with E-state index in [2.05, 4.69) is 10.4 Å². The summed E-state index contributed by atoms with van der Waals surface area (Å²) in [4.78, 5) is 0. The molecule has 1 aromatic carbocycles. The van der Waals surface area contributed by atoms with Crippen molar-refractivity contribution in [2.24, 2.45) is 7.05 Å². The van der Waals surface area contributed by atoms with E-state index in [4.69, 9.17) is 14.2 Å². The van der Waals surface area contributed by atoms with E-state index >= 15 is 0 Å². The highest BCUT2D eigenvalue weighted by molar-refractivity contribution is 5.43. The number of halogens is 3. The van der Waals surface area contributed by atoms with E-state index in [-0.39, 0.29) is 11.9 Å². The molecule has 2 aromatic rings. The molecule has 9 heteroatoms. The maximum atomic E-state index is 12.6. The Morgan fingerprint density at radius 3 is 2.82 bits per heavy atom. The van der Waals surface area contributed by atoms with E-state index in [0.717, 1.165) is 23.5 Å². The summed E-state index contributed by atoms with van der Waals surface area (Å²) < 4.78 is 55.3. The van der Waals surface area contributed by atoms with Gasteiger partial charge in [-0.2, -0.15) is 18.3 Å². The minimum Gasteiger partial charge on any atom is -0.494 e. The number of aromatic nitrogens is 2. The summed E-state index contributed by atoms with van der Waals surface area (Å²) in [7, 11) is 1.57. The van der Waals surface area contributed by atoms with Gasteiger partial charge in [0.05, 0.1) is 24.5 Å². The monoisotopic (exact) mass is 399 g/mol. The molecule has 154 valence electrons. The molecule has 6 nitrogen and oxygen atoms in total. The lowest BCUT2D eigenvalue weighted by atomic mass is 10.00. The minimum atomic E-state index is -4.40. The second-order valence-electron chi connectivity index (χ2n) is 6.60. The Morgan fingerprint density at radius 1 is 1.32 bits per heavy atom. The van der Waals surface area contributed by atoms with Crippen molar-refractivity contribution in [3.8, 4) is 17.4 Å². The van der Waals surface area contributed by atoms with Crippen LogP contribution in [0.3, 0.4) is 0 Å². The highest BCUT2D eigenvalue weighted by atomic mass is 19.4. The molecule has 0 saturated heterocycles. The largest absolute Gasteiger partial charge is 0.494 e. The SMILES string of the molecule is CCOc1ccc2c(c1)C(NCc1c(C)nn(C)c1OCC(F)(F)F)CCO2. The Kier molecular flexibility index (Phi) is 6.02. The van der Waals surface area contributed by atoms with Gasteiger partial charge in [-0.15, -0.1) is 0 Å². The Morgan fingerprint density at radius 2 is 2.11 bits per heavy atom. The van der Waals surface area contributed by atoms with Gasteiger partial charge in [0.25, 0.3) is 0 Å². The fourth-order valence-corrected chi connectivity index (χ4v) is 3.28. The number of aryl methyl sites for hydroxylation is 2. The number of hydrogen-bond acceptors (Lipinski definition) is 5. The van der Waals surface area contributed by atoms with E-state index in [0.29, 0.717) is 31.0 Å². The minimum absolute atomic E-state index is 0.0146. The first-order valence-electron chi connectivity index (χ1n) is 9.13. The lowest BCUT2D eigenvalue weighted by Crippen LogP contribution is -2.27. The van der Waals surface area contributed by atoms with Crippen molar-refractivity contribution in [2.75, 3.05) is 19.8 Å². The molecule has 0 radical (unpaired) electrons. The van der Waals surface area contributed by atoms with Crippen molar-refractivity contribution in [1.29, 1.82) is 0 Å². The molecule has 28 heavy (non-hydrogen) atoms. The molecule has 0 saturated carbocycles. The maximum absolute atomic E-state index is 12.6. The molecule has 0 amide bonds. The van der Waals surface area contributed by atoms with Crippen LogP contribution in [-0.4, -0.2) is 35.8 Å². The molecular weight excluding hydrogens is 375 g/mol. The predicted octanol–water partition coefficient (Wildman–Crippen LogP) is 3.68. The third kappa shape index (κ3) is 4.70. The average molecular weight is 399 g/mol. The van der Waals surface area contributed by atoms with Crippen molar-refractivity contribution in [3.05, 3.63) is 35.0 Å². The van der Waals surface area contributed by atoms with Crippen LogP contribution in [0, 0.1) is 6.92 Å². The van der Waals surface area contributed by atoms with Gasteiger partial charge < -0.3 is 19.5 Å². The smallest absolute Gasteiger partial charge is 0.422 e. The Bertz CT molecular complexity index is 821. The van der Waals surface area contributed by atoms with Gasteiger partial charge in [-0.3, -0.25) is 0 Å². The van der Waals surface area contributed by atoms with Crippen molar-refractivity contribution in [3.63, 3.8) is 0 Å². The van der Waals surface area contributed by atoms with Crippen LogP contribution in [-0.2, 0) is 13.6 Å². The summed E-state index contributed by atoms with van der Waals surface area (Å²) in [5, 5.41) is 7.60. The first-order valence-corrected chi connectivity index (χ1v) is 9.13. The lowest BCUT2D eigenvalue weighted by Gasteiger charge is -2.27. The quantitative estimate of drug-likeness (QED) is 0.770. The third-order valence-electron chi connectivity index (χ3n) is 4.52. The van der Waals surface area contributed by atoms with E-state index in [1.54, 1.807) is 14.0 Å². The third-order valence-corrected chi connectivity index (χ3v) is 4.52. The topological polar surface area (TPSA) is 57.5 Å². The van der Waals surface area contributed by atoms with Gasteiger partial charge in [-0.1, -0.05) is 0 Å². The average Bonchev–Trinajstić information content (AvgIpc) is 2.90. The number of alkyl halides is 3. The molecule has 1 N–H and O–H groups in total. The number of benzene rings is 1. The molecule has 1 aliphatic heterocycles. The molecule has 0 aliphatic carbocycles. The van der Waals surface area contributed by atoms with Gasteiger partial charge in [0.15, 0.2) is 6.61 Å². The number of rotatable bonds is 7. The lowest BCUT2D eigenvalue weighted by molar-refractivity contribution is -0.154. The van der Waals surface area contributed by atoms with Gasteiger partial charge in [-0.25, -0.2) is 4.68 Å². The van der Waals surface area contributed by atoms with E-state index in [1.165, 1.54) is 4.68 Å². The number of fused-ring (bicyclic) bond motifs is 1. The Hall–Kier alpha value is -2.42. The molecule has 1 unspecified atom stereocenters. The van der Waals surface area contributed by atoms with Gasteiger partial charge >= 0.3 is 6.18 Å². The van der Waals surface area contributed by atoms with Crippen molar-refractivity contribution in [1.82, 2.24) is 15.1 Å². The van der Waals surface area contributed by atoms with Crippen LogP contribution in [0.2, 0.25) is 0 Å². The molecule has 1 aliphatic rings. The second-order valence-corrected chi connectivity index (χ2v) is 6.60. The predicted molar refractivity (Wildman–Crippen MR) is 96.8 cm³/mol. The summed E-state index contributed by atoms with van der Waals surface area (Å²) in [6.45, 7) is 3.77. The molecule has 2 heterocycles. The molecule has 0 spiro atoms. The standard InChI is InChI=1S/C19H24F3N3O3/c1-4-26-13-5-6-17-14(9-13)16(7-8-27-17)23-10-15-12(2)24-25(3)18(15)28-11-19(20,21)22/h5-6,9,16,23H,4,7-8,10-11H2,1-3H3. The zero-order valence-corrected chi connectivity index (χ0v) is 16.1. The molecular formula is C19H24F3N3O3. The second kappa shape index (κ2) is 8.30. The van der Waals surface area contributed by atoms with Crippen molar-refractivity contribution in [2.45, 2.75) is 39.0 Å². The van der Waals surface area contributed by atoms with Crippen LogP contribution in [0.1, 0.15) is 36.2 Å². The van der Waals surface area contributed by atoms with Crippen LogP contribution >= 0.6 is 0 Å². The van der Waals surface area contributed by atoms with Gasteiger partial charge in [0.2, 0.25) is 5.88 Å². The highest BCUT2D eigenvalue weighted by Crippen LogP contribution is 2.35. The van der Waals surface area contributed by atoms with E-state index in [9.17, 15) is 13.2 Å². The summed E-state index contributed by atoms with van der Waals surface area (Å²) in [5.41, 5.74) is 2.21. The summed E-state index contributed by atoms with van der Waals surface area (Å²) in [6, 6.07) is 5.66. The first kappa shape index (κ1) is 20.3. The van der Waals surface area contributed by atoms with Crippen LogP contribution in [0.15, 0.2) is 18.2 Å². The zero-order chi connectivity index (χ0) is 20.3. The van der Waals surface area contributed by atoms with E-state index < -0.39 is 12.8 Å². The Balaban J connectivity index is 1.76. The summed E-state index contributed by atoms with van der Waals surface area (Å²) >= 11 is 0. The number of nitrogens with zero attached hydrogens (tertiary/aromatic N) is 2. The summed E-state index contributed by atoms with van der Waals surface area (Å²) in [6.07, 6.45) is -3.67. The fraction of sp³-hybridized carbons (Fsp3) is 0.526. The van der Waals surface area contributed by atoms with E-state index in [1.807, 2.05) is 25.1 Å². The maximum Gasteiger partial charge on any atom is 0.422 e. The first-order chi connectivity index (χ1) is 13.3. The van der Waals surface area contributed by atoms with Crippen LogP contribution in [0.5, 0.6) is 17.4 Å². The van der Waals surface area contributed by atoms with Crippen LogP contribution < -0.4 is 19.5 Å². The molecule has 3 rings (SSSR count). The molecule has 0 bridgehead atoms. The molecule has 1 atom stereocenters. The normalized spacial score (nSPS) is 16.4. The van der Waals surface area contributed by atoms with Gasteiger partial charge in [0, 0.05) is 31.6 Å². The summed E-state index contributed by atoms with van der Waals surface area (Å²) in [5.74, 6) is 1.66. The van der Waals surface area contributed by atoms with Crippen LogP contribution in [0.4, 0.5) is 13.2 Å². The van der Waals surface area contributed by atoms with Crippen LogP contribution in [0.25, 0.3) is 0 Å².